The highest BCUT2D eigenvalue weighted by molar-refractivity contribution is 5.14. The van der Waals surface area contributed by atoms with Gasteiger partial charge in [0.2, 0.25) is 0 Å². The van der Waals surface area contributed by atoms with Gasteiger partial charge in [0.05, 0.1) is 11.7 Å². The second kappa shape index (κ2) is 4.37. The van der Waals surface area contributed by atoms with Crippen molar-refractivity contribution in [3.63, 3.8) is 0 Å². The molecule has 90 valence electrons. The Morgan fingerprint density at radius 3 is 2.69 bits per heavy atom. The standard InChI is InChI=1S/C15H24O/c1-11(2)6-5-7-12(3)13-8-9-15(4)14(10-13)16-15/h6-7,13-14H,5,8-10H2,1-4H3/b12-7-/t13?,14-,15-/m1/s1. The Hall–Kier alpha value is -0.560. The molecule has 0 radical (unpaired) electrons. The number of rotatable bonds is 3. The lowest BCUT2D eigenvalue weighted by atomic mass is 9.79. The molecule has 0 bridgehead atoms. The largest absolute Gasteiger partial charge is 0.366 e. The summed E-state index contributed by atoms with van der Waals surface area (Å²) in [6, 6.07) is 0. The van der Waals surface area contributed by atoms with Crippen LogP contribution in [0.5, 0.6) is 0 Å². The second-order valence-electron chi connectivity index (χ2n) is 5.86. The molecule has 0 amide bonds. The molecule has 1 saturated heterocycles. The molecule has 1 heteroatoms. The van der Waals surface area contributed by atoms with Gasteiger partial charge in [-0.3, -0.25) is 0 Å². The van der Waals surface area contributed by atoms with Gasteiger partial charge in [-0.05, 0) is 59.3 Å². The number of epoxide rings is 1. The van der Waals surface area contributed by atoms with Crippen molar-refractivity contribution in [3.05, 3.63) is 23.3 Å². The van der Waals surface area contributed by atoms with Crippen molar-refractivity contribution < 1.29 is 4.74 Å². The van der Waals surface area contributed by atoms with Gasteiger partial charge in [-0.15, -0.1) is 0 Å². The highest BCUT2D eigenvalue weighted by Crippen LogP contribution is 2.50. The molecular weight excluding hydrogens is 196 g/mol. The smallest absolute Gasteiger partial charge is 0.0920 e. The van der Waals surface area contributed by atoms with Gasteiger partial charge >= 0.3 is 0 Å². The van der Waals surface area contributed by atoms with Crippen LogP contribution in [0.15, 0.2) is 23.3 Å². The minimum atomic E-state index is 0.261. The van der Waals surface area contributed by atoms with Crippen LogP contribution in [0.3, 0.4) is 0 Å². The zero-order valence-electron chi connectivity index (χ0n) is 11.0. The molecule has 2 fully saturated rings. The maximum Gasteiger partial charge on any atom is 0.0920 e. The summed E-state index contributed by atoms with van der Waals surface area (Å²) in [7, 11) is 0. The summed E-state index contributed by atoms with van der Waals surface area (Å²) >= 11 is 0. The van der Waals surface area contributed by atoms with E-state index in [4.69, 9.17) is 4.74 Å². The molecule has 0 aromatic carbocycles. The molecule has 0 N–H and O–H groups in total. The van der Waals surface area contributed by atoms with Crippen LogP contribution in [0.25, 0.3) is 0 Å². The number of hydrogen-bond donors (Lipinski definition) is 0. The summed E-state index contributed by atoms with van der Waals surface area (Å²) in [6.07, 6.45) is 10.1. The van der Waals surface area contributed by atoms with E-state index < -0.39 is 0 Å². The van der Waals surface area contributed by atoms with Gasteiger partial charge in [-0.1, -0.05) is 23.3 Å². The predicted molar refractivity (Wildman–Crippen MR) is 68.4 cm³/mol. The summed E-state index contributed by atoms with van der Waals surface area (Å²) in [4.78, 5) is 0. The van der Waals surface area contributed by atoms with Gasteiger partial charge in [0.25, 0.3) is 0 Å². The topological polar surface area (TPSA) is 12.5 Å². The molecular formula is C15H24O. The third kappa shape index (κ3) is 2.57. The van der Waals surface area contributed by atoms with E-state index in [9.17, 15) is 0 Å². The first-order chi connectivity index (χ1) is 7.51. The van der Waals surface area contributed by atoms with E-state index in [1.54, 1.807) is 5.57 Å². The maximum absolute atomic E-state index is 5.75. The lowest BCUT2D eigenvalue weighted by molar-refractivity contribution is 0.303. The molecule has 3 atom stereocenters. The number of allylic oxidation sites excluding steroid dienone is 4. The van der Waals surface area contributed by atoms with Crippen LogP contribution >= 0.6 is 0 Å². The van der Waals surface area contributed by atoms with Crippen molar-refractivity contribution in [3.8, 4) is 0 Å². The Bertz CT molecular complexity index is 322. The quantitative estimate of drug-likeness (QED) is 0.512. The summed E-state index contributed by atoms with van der Waals surface area (Å²) in [5.41, 5.74) is 3.23. The van der Waals surface area contributed by atoms with Crippen molar-refractivity contribution >= 4 is 0 Å². The van der Waals surface area contributed by atoms with Gasteiger partial charge in [0.15, 0.2) is 0 Å². The molecule has 1 heterocycles. The van der Waals surface area contributed by atoms with Crippen LogP contribution in [0, 0.1) is 5.92 Å². The van der Waals surface area contributed by atoms with Crippen LogP contribution < -0.4 is 0 Å². The van der Waals surface area contributed by atoms with E-state index in [0.717, 1.165) is 12.3 Å². The molecule has 1 aliphatic carbocycles. The SMILES string of the molecule is CC(C)=CC/C=C(/C)C1CC[C@@]2(C)O[C@@H]2C1. The summed E-state index contributed by atoms with van der Waals surface area (Å²) in [6.45, 7) is 8.87. The molecule has 1 saturated carbocycles. The van der Waals surface area contributed by atoms with E-state index in [2.05, 4.69) is 39.8 Å². The van der Waals surface area contributed by atoms with Crippen molar-refractivity contribution in [2.75, 3.05) is 0 Å². The van der Waals surface area contributed by atoms with Crippen LogP contribution in [-0.4, -0.2) is 11.7 Å². The highest BCUT2D eigenvalue weighted by Gasteiger charge is 2.55. The van der Waals surface area contributed by atoms with Crippen LogP contribution in [-0.2, 0) is 4.74 Å². The number of ether oxygens (including phenoxy) is 1. The van der Waals surface area contributed by atoms with Gasteiger partial charge in [0, 0.05) is 0 Å². The zero-order chi connectivity index (χ0) is 11.8. The number of fused-ring (bicyclic) bond motifs is 1. The summed E-state index contributed by atoms with van der Waals surface area (Å²) in [5, 5.41) is 0. The Morgan fingerprint density at radius 2 is 2.06 bits per heavy atom. The van der Waals surface area contributed by atoms with Crippen LogP contribution in [0.1, 0.15) is 53.4 Å². The maximum atomic E-state index is 5.75. The van der Waals surface area contributed by atoms with Crippen LogP contribution in [0.4, 0.5) is 0 Å². The van der Waals surface area contributed by atoms with Gasteiger partial charge in [0.1, 0.15) is 0 Å². The Kier molecular flexibility index (Phi) is 3.25. The van der Waals surface area contributed by atoms with E-state index in [-0.39, 0.29) is 5.60 Å². The third-order valence-corrected chi connectivity index (χ3v) is 4.13. The Balaban J connectivity index is 1.86. The average molecular weight is 220 g/mol. The first kappa shape index (κ1) is 11.9. The van der Waals surface area contributed by atoms with E-state index >= 15 is 0 Å². The summed E-state index contributed by atoms with van der Waals surface area (Å²) in [5.74, 6) is 0.770. The molecule has 1 nitrogen and oxygen atoms in total. The van der Waals surface area contributed by atoms with Gasteiger partial charge in [-0.25, -0.2) is 0 Å². The molecule has 2 rings (SSSR count). The fourth-order valence-electron chi connectivity index (χ4n) is 2.71. The van der Waals surface area contributed by atoms with Crippen LogP contribution in [0.2, 0.25) is 0 Å². The molecule has 2 aliphatic rings. The normalized spacial score (nSPS) is 37.9. The molecule has 16 heavy (non-hydrogen) atoms. The number of hydrogen-bond acceptors (Lipinski definition) is 1. The second-order valence-corrected chi connectivity index (χ2v) is 5.86. The zero-order valence-corrected chi connectivity index (χ0v) is 11.0. The first-order valence-electron chi connectivity index (χ1n) is 6.49. The summed E-state index contributed by atoms with van der Waals surface area (Å²) < 4.78 is 5.75. The minimum Gasteiger partial charge on any atom is -0.366 e. The van der Waals surface area contributed by atoms with Crippen molar-refractivity contribution in [2.45, 2.75) is 65.1 Å². The minimum absolute atomic E-state index is 0.261. The molecule has 1 unspecified atom stereocenters. The fraction of sp³-hybridized carbons (Fsp3) is 0.733. The van der Waals surface area contributed by atoms with Gasteiger partial charge in [-0.2, -0.15) is 0 Å². The first-order valence-corrected chi connectivity index (χ1v) is 6.49. The molecule has 1 aliphatic heterocycles. The van der Waals surface area contributed by atoms with Crippen molar-refractivity contribution in [2.24, 2.45) is 5.92 Å². The Labute approximate surface area is 99.6 Å². The van der Waals surface area contributed by atoms with Gasteiger partial charge < -0.3 is 4.74 Å². The lowest BCUT2D eigenvalue weighted by Crippen LogP contribution is -2.21. The lowest BCUT2D eigenvalue weighted by Gasteiger charge is -2.23. The molecule has 0 spiro atoms. The predicted octanol–water partition coefficient (Wildman–Crippen LogP) is 4.25. The fourth-order valence-corrected chi connectivity index (χ4v) is 2.71. The Morgan fingerprint density at radius 1 is 1.31 bits per heavy atom. The van der Waals surface area contributed by atoms with Crippen molar-refractivity contribution in [1.82, 2.24) is 0 Å². The third-order valence-electron chi connectivity index (χ3n) is 4.13. The highest BCUT2D eigenvalue weighted by atomic mass is 16.6. The van der Waals surface area contributed by atoms with E-state index in [1.165, 1.54) is 24.8 Å². The molecule has 0 aromatic rings. The van der Waals surface area contributed by atoms with E-state index in [0.29, 0.717) is 6.10 Å². The molecule has 0 aromatic heterocycles. The van der Waals surface area contributed by atoms with Crippen molar-refractivity contribution in [1.29, 1.82) is 0 Å². The van der Waals surface area contributed by atoms with E-state index in [1.807, 2.05) is 0 Å². The monoisotopic (exact) mass is 220 g/mol. The average Bonchev–Trinajstić information content (AvgIpc) is 2.87.